The maximum atomic E-state index is 13.7. The minimum atomic E-state index is -4.25. The van der Waals surface area contributed by atoms with Crippen LogP contribution in [0.2, 0.25) is 0 Å². The zero-order chi connectivity index (χ0) is 24.9. The van der Waals surface area contributed by atoms with Gasteiger partial charge in [0.1, 0.15) is 11.8 Å². The molecule has 0 fully saturated rings. The van der Waals surface area contributed by atoms with Gasteiger partial charge in [0.15, 0.2) is 11.5 Å². The number of carbonyl (C=O) groups is 2. The molecule has 0 aliphatic carbocycles. The van der Waals surface area contributed by atoms with Gasteiger partial charge in [-0.15, -0.1) is 0 Å². The van der Waals surface area contributed by atoms with Gasteiger partial charge in [-0.2, -0.15) is 4.31 Å². The summed E-state index contributed by atoms with van der Waals surface area (Å²) in [5.41, 5.74) is 2.06. The van der Waals surface area contributed by atoms with Crippen LogP contribution in [-0.4, -0.2) is 68.7 Å². The molecule has 0 spiro atoms. The summed E-state index contributed by atoms with van der Waals surface area (Å²) in [5, 5.41) is 9.36. The number of fused-ring (bicyclic) bond motifs is 1. The quantitative estimate of drug-likeness (QED) is 0.374. The third-order valence-corrected chi connectivity index (χ3v) is 7.20. The minimum Gasteiger partial charge on any atom is -0.497 e. The van der Waals surface area contributed by atoms with Crippen LogP contribution in [0.3, 0.4) is 0 Å². The molecule has 1 aliphatic rings. The van der Waals surface area contributed by atoms with E-state index in [9.17, 15) is 23.2 Å². The number of amides is 2. The zero-order valence-electron chi connectivity index (χ0n) is 19.1. The van der Waals surface area contributed by atoms with Crippen molar-refractivity contribution in [3.63, 3.8) is 0 Å². The zero-order valence-corrected chi connectivity index (χ0v) is 19.9. The first-order valence-electron chi connectivity index (χ1n) is 10.4. The van der Waals surface area contributed by atoms with Crippen LogP contribution in [0.5, 0.6) is 17.2 Å². The van der Waals surface area contributed by atoms with E-state index in [1.165, 1.54) is 41.8 Å². The summed E-state index contributed by atoms with van der Waals surface area (Å²) in [6.07, 6.45) is -0.260. The molecule has 1 aliphatic heterocycles. The second kappa shape index (κ2) is 10.7. The number of nitrogens with zero attached hydrogens (tertiary/aromatic N) is 2. The fraction of sp³-hybridized carbons (Fsp3) is 0.364. The van der Waals surface area contributed by atoms with Crippen LogP contribution in [0.25, 0.3) is 0 Å². The lowest BCUT2D eigenvalue weighted by atomic mass is 10.1. The van der Waals surface area contributed by atoms with E-state index >= 15 is 0 Å². The molecule has 0 unspecified atom stereocenters. The highest BCUT2D eigenvalue weighted by atomic mass is 32.2. The summed E-state index contributed by atoms with van der Waals surface area (Å²) in [7, 11) is 0.320. The van der Waals surface area contributed by atoms with Crippen molar-refractivity contribution in [3.05, 3.63) is 48.0 Å². The molecule has 34 heavy (non-hydrogen) atoms. The normalized spacial score (nSPS) is 13.4. The number of ether oxygens (including phenoxy) is 3. The maximum Gasteiger partial charge on any atom is 0.261 e. The molecule has 184 valence electrons. The van der Waals surface area contributed by atoms with E-state index < -0.39 is 22.0 Å². The SMILES string of the molecule is COc1ccc(S(=O)(=O)N(Cc2ccc3c(c2)OCO3)[C@H](CCC(=O)N(C)C)C(=O)NO)cc1. The van der Waals surface area contributed by atoms with E-state index in [2.05, 4.69) is 0 Å². The van der Waals surface area contributed by atoms with Crippen molar-refractivity contribution in [2.45, 2.75) is 30.3 Å². The molecule has 0 radical (unpaired) electrons. The molecule has 1 atom stereocenters. The summed E-state index contributed by atoms with van der Waals surface area (Å²) in [5.74, 6) is 0.187. The molecule has 2 amide bonds. The number of hydrogen-bond acceptors (Lipinski definition) is 8. The van der Waals surface area contributed by atoms with Crippen LogP contribution < -0.4 is 19.7 Å². The van der Waals surface area contributed by atoms with Gasteiger partial charge in [0.2, 0.25) is 22.7 Å². The van der Waals surface area contributed by atoms with Gasteiger partial charge in [-0.25, -0.2) is 13.9 Å². The maximum absolute atomic E-state index is 13.7. The fourth-order valence-corrected chi connectivity index (χ4v) is 5.04. The lowest BCUT2D eigenvalue weighted by molar-refractivity contribution is -0.134. The lowest BCUT2D eigenvalue weighted by Crippen LogP contribution is -2.49. The smallest absolute Gasteiger partial charge is 0.261 e. The Balaban J connectivity index is 2.02. The number of nitrogens with one attached hydrogen (secondary N) is 1. The number of carbonyl (C=O) groups excluding carboxylic acids is 2. The van der Waals surface area contributed by atoms with Crippen LogP contribution in [0.15, 0.2) is 47.4 Å². The van der Waals surface area contributed by atoms with E-state index in [1.807, 2.05) is 0 Å². The molecule has 11 nitrogen and oxygen atoms in total. The van der Waals surface area contributed by atoms with Crippen LogP contribution in [0.4, 0.5) is 0 Å². The third kappa shape index (κ3) is 5.58. The van der Waals surface area contributed by atoms with Gasteiger partial charge in [-0.05, 0) is 48.4 Å². The van der Waals surface area contributed by atoms with Gasteiger partial charge in [0, 0.05) is 27.1 Å². The van der Waals surface area contributed by atoms with E-state index in [0.29, 0.717) is 22.8 Å². The highest BCUT2D eigenvalue weighted by Crippen LogP contribution is 2.34. The summed E-state index contributed by atoms with van der Waals surface area (Å²) in [6.45, 7) is -0.173. The highest BCUT2D eigenvalue weighted by molar-refractivity contribution is 7.89. The van der Waals surface area contributed by atoms with Gasteiger partial charge in [-0.1, -0.05) is 6.07 Å². The van der Waals surface area contributed by atoms with Gasteiger partial charge in [0.05, 0.1) is 12.0 Å². The predicted molar refractivity (Wildman–Crippen MR) is 120 cm³/mol. The number of sulfonamides is 1. The van der Waals surface area contributed by atoms with Gasteiger partial charge >= 0.3 is 0 Å². The van der Waals surface area contributed by atoms with Crippen LogP contribution >= 0.6 is 0 Å². The number of hydroxylamine groups is 1. The minimum absolute atomic E-state index is 0.0504. The molecule has 0 bridgehead atoms. The molecular weight excluding hydrogens is 466 g/mol. The van der Waals surface area contributed by atoms with Crippen LogP contribution in [-0.2, 0) is 26.2 Å². The number of benzene rings is 2. The van der Waals surface area contributed by atoms with Crippen molar-refractivity contribution >= 4 is 21.8 Å². The van der Waals surface area contributed by atoms with Gasteiger partial charge in [-0.3, -0.25) is 14.8 Å². The molecule has 0 saturated carbocycles. The first kappa shape index (κ1) is 25.3. The first-order chi connectivity index (χ1) is 16.2. The van der Waals surface area contributed by atoms with Crippen molar-refractivity contribution in [1.82, 2.24) is 14.7 Å². The third-order valence-electron chi connectivity index (χ3n) is 5.33. The number of hydrogen-bond donors (Lipinski definition) is 2. The molecule has 2 N–H and O–H groups in total. The molecule has 12 heteroatoms. The van der Waals surface area contributed by atoms with Crippen molar-refractivity contribution in [1.29, 1.82) is 0 Å². The Bertz CT molecular complexity index is 1140. The van der Waals surface area contributed by atoms with E-state index in [-0.39, 0.29) is 37.0 Å². The van der Waals surface area contributed by atoms with Crippen LogP contribution in [0, 0.1) is 0 Å². The molecule has 0 aromatic heterocycles. The first-order valence-corrected chi connectivity index (χ1v) is 11.8. The molecule has 2 aromatic carbocycles. The molecule has 0 saturated heterocycles. The Kier molecular flexibility index (Phi) is 7.97. The largest absolute Gasteiger partial charge is 0.497 e. The Morgan fingerprint density at radius 1 is 1.12 bits per heavy atom. The fourth-order valence-electron chi connectivity index (χ4n) is 3.43. The second-order valence-corrected chi connectivity index (χ2v) is 9.62. The second-order valence-electron chi connectivity index (χ2n) is 7.73. The average molecular weight is 494 g/mol. The monoisotopic (exact) mass is 493 g/mol. The topological polar surface area (TPSA) is 135 Å². The Labute approximate surface area is 197 Å². The number of rotatable bonds is 10. The van der Waals surface area contributed by atoms with Gasteiger partial charge in [0.25, 0.3) is 5.91 Å². The van der Waals surface area contributed by atoms with Gasteiger partial charge < -0.3 is 19.1 Å². The highest BCUT2D eigenvalue weighted by Gasteiger charge is 2.36. The molecule has 1 heterocycles. The van der Waals surface area contributed by atoms with Crippen molar-refractivity contribution in [2.75, 3.05) is 28.0 Å². The summed E-state index contributed by atoms with van der Waals surface area (Å²) in [4.78, 5) is 26.1. The summed E-state index contributed by atoms with van der Waals surface area (Å²) < 4.78 is 44.1. The average Bonchev–Trinajstić information content (AvgIpc) is 3.30. The van der Waals surface area contributed by atoms with Crippen molar-refractivity contribution in [3.8, 4) is 17.2 Å². The Morgan fingerprint density at radius 2 is 1.79 bits per heavy atom. The van der Waals surface area contributed by atoms with Crippen molar-refractivity contribution < 1.29 is 37.4 Å². The summed E-state index contributed by atoms with van der Waals surface area (Å²) in [6, 6.07) is 9.25. The van der Waals surface area contributed by atoms with Crippen LogP contribution in [0.1, 0.15) is 18.4 Å². The Morgan fingerprint density at radius 3 is 2.41 bits per heavy atom. The number of methoxy groups -OCH3 is 1. The molecule has 2 aromatic rings. The Hall–Kier alpha value is -3.35. The predicted octanol–water partition coefficient (Wildman–Crippen LogP) is 1.36. The molecule has 3 rings (SSSR count). The molecular formula is C22H27N3O8S. The van der Waals surface area contributed by atoms with E-state index in [1.54, 1.807) is 32.3 Å². The van der Waals surface area contributed by atoms with E-state index in [4.69, 9.17) is 14.2 Å². The standard InChI is InChI=1S/C22H27N3O8S/c1-24(2)21(26)11-9-18(22(27)23-28)25(13-15-4-10-19-20(12-15)33-14-32-19)34(29,30)17-7-5-16(31-3)6-8-17/h4-8,10,12,18,28H,9,11,13-14H2,1-3H3,(H,23,27)/t18-/m1/s1. The summed E-state index contributed by atoms with van der Waals surface area (Å²) >= 11 is 0. The lowest BCUT2D eigenvalue weighted by Gasteiger charge is -2.30. The van der Waals surface area contributed by atoms with E-state index in [0.717, 1.165) is 4.31 Å². The van der Waals surface area contributed by atoms with Crippen molar-refractivity contribution in [2.24, 2.45) is 0 Å².